The van der Waals surface area contributed by atoms with Gasteiger partial charge < -0.3 is 5.32 Å². The normalized spacial score (nSPS) is 14.8. The van der Waals surface area contributed by atoms with Gasteiger partial charge in [0.2, 0.25) is 5.16 Å². The number of halogens is 1. The van der Waals surface area contributed by atoms with Crippen molar-refractivity contribution in [2.75, 3.05) is 7.05 Å². The lowest BCUT2D eigenvalue weighted by Gasteiger charge is -2.06. The Labute approximate surface area is 120 Å². The molecule has 0 bridgehead atoms. The number of benzene rings is 1. The zero-order chi connectivity index (χ0) is 13.2. The molecule has 0 aliphatic heterocycles. The lowest BCUT2D eigenvalue weighted by Crippen LogP contribution is -2.04. The molecule has 1 aliphatic carbocycles. The summed E-state index contributed by atoms with van der Waals surface area (Å²) in [6.07, 6.45) is 2.32. The molecule has 1 fully saturated rings. The fraction of sp³-hybridized carbons (Fsp3) is 0.417. The molecule has 2 aromatic rings. The smallest absolute Gasteiger partial charge is 0.214 e. The molecule has 0 amide bonds. The van der Waals surface area contributed by atoms with Gasteiger partial charge in [-0.25, -0.2) is 4.68 Å². The van der Waals surface area contributed by atoms with Crippen LogP contribution in [0.3, 0.4) is 0 Å². The second kappa shape index (κ2) is 5.48. The van der Waals surface area contributed by atoms with Crippen LogP contribution in [0, 0.1) is 0 Å². The van der Waals surface area contributed by atoms with Crippen LogP contribution in [-0.4, -0.2) is 27.3 Å². The first-order valence-electron chi connectivity index (χ1n) is 6.16. The predicted molar refractivity (Wildman–Crippen MR) is 74.4 cm³/mol. The van der Waals surface area contributed by atoms with Crippen molar-refractivity contribution in [2.24, 2.45) is 0 Å². The van der Waals surface area contributed by atoms with Crippen molar-refractivity contribution in [3.63, 3.8) is 0 Å². The molecule has 19 heavy (non-hydrogen) atoms. The van der Waals surface area contributed by atoms with Gasteiger partial charge in [-0.1, -0.05) is 17.7 Å². The number of nitrogens with zero attached hydrogens (tertiary/aromatic N) is 4. The highest BCUT2D eigenvalue weighted by Crippen LogP contribution is 2.39. The third-order valence-corrected chi connectivity index (χ3v) is 4.39. The Morgan fingerprint density at radius 3 is 3.00 bits per heavy atom. The first kappa shape index (κ1) is 12.9. The van der Waals surface area contributed by atoms with E-state index in [9.17, 15) is 0 Å². The summed E-state index contributed by atoms with van der Waals surface area (Å²) in [5.41, 5.74) is 1.17. The van der Waals surface area contributed by atoms with E-state index in [4.69, 9.17) is 11.6 Å². The number of aromatic nitrogens is 4. The van der Waals surface area contributed by atoms with Gasteiger partial charge in [0.15, 0.2) is 0 Å². The van der Waals surface area contributed by atoms with Gasteiger partial charge in [-0.05, 0) is 59.8 Å². The van der Waals surface area contributed by atoms with E-state index >= 15 is 0 Å². The van der Waals surface area contributed by atoms with Crippen LogP contribution < -0.4 is 5.32 Å². The molecular formula is C12H14ClN5S. The van der Waals surface area contributed by atoms with Crippen molar-refractivity contribution in [1.29, 1.82) is 0 Å². The topological polar surface area (TPSA) is 55.6 Å². The van der Waals surface area contributed by atoms with Crippen molar-refractivity contribution in [1.82, 2.24) is 25.5 Å². The average Bonchev–Trinajstić information content (AvgIpc) is 3.14. The molecule has 1 saturated carbocycles. The van der Waals surface area contributed by atoms with Gasteiger partial charge in [-0.15, -0.1) is 5.10 Å². The van der Waals surface area contributed by atoms with E-state index in [0.717, 1.165) is 34.5 Å². The van der Waals surface area contributed by atoms with Gasteiger partial charge in [-0.3, -0.25) is 0 Å². The van der Waals surface area contributed by atoms with Gasteiger partial charge in [0.05, 0.1) is 11.1 Å². The van der Waals surface area contributed by atoms with Crippen molar-refractivity contribution in [2.45, 2.75) is 35.5 Å². The van der Waals surface area contributed by atoms with Crippen molar-refractivity contribution in [3.05, 3.63) is 28.8 Å². The summed E-state index contributed by atoms with van der Waals surface area (Å²) in [5, 5.41) is 16.5. The largest absolute Gasteiger partial charge is 0.316 e. The second-order valence-corrected chi connectivity index (χ2v) is 5.95. The fourth-order valence-corrected chi connectivity index (χ4v) is 3.01. The number of nitrogens with one attached hydrogen (secondary N) is 1. The first-order valence-corrected chi connectivity index (χ1v) is 7.36. The standard InChI is InChI=1S/C12H14ClN5S/c1-14-7-8-2-5-11(10(13)6-8)19-12-15-16-17-18(12)9-3-4-9/h2,5-6,9,14H,3-4,7H2,1H3. The molecule has 0 atom stereocenters. The monoisotopic (exact) mass is 295 g/mol. The summed E-state index contributed by atoms with van der Waals surface area (Å²) in [6.45, 7) is 0.810. The predicted octanol–water partition coefficient (Wildman–Crippen LogP) is 2.53. The van der Waals surface area contributed by atoms with Crippen LogP contribution in [0.4, 0.5) is 0 Å². The van der Waals surface area contributed by atoms with Crippen LogP contribution in [0.5, 0.6) is 0 Å². The molecule has 1 aromatic carbocycles. The SMILES string of the molecule is CNCc1ccc(Sc2nnnn2C2CC2)c(Cl)c1. The van der Waals surface area contributed by atoms with Crippen LogP contribution >= 0.6 is 23.4 Å². The van der Waals surface area contributed by atoms with Crippen LogP contribution in [0.15, 0.2) is 28.3 Å². The van der Waals surface area contributed by atoms with Crippen LogP contribution in [0.25, 0.3) is 0 Å². The van der Waals surface area contributed by atoms with Gasteiger partial charge in [0.25, 0.3) is 0 Å². The molecule has 0 unspecified atom stereocenters. The summed E-state index contributed by atoms with van der Waals surface area (Å²) in [7, 11) is 1.92. The van der Waals surface area contributed by atoms with Crippen molar-refractivity contribution in [3.8, 4) is 0 Å². The van der Waals surface area contributed by atoms with Crippen molar-refractivity contribution < 1.29 is 0 Å². The summed E-state index contributed by atoms with van der Waals surface area (Å²) >= 11 is 7.82. The highest BCUT2D eigenvalue weighted by molar-refractivity contribution is 7.99. The lowest BCUT2D eigenvalue weighted by molar-refractivity contribution is 0.565. The molecule has 0 saturated heterocycles. The molecule has 1 aliphatic rings. The Balaban J connectivity index is 1.80. The molecule has 0 radical (unpaired) electrons. The molecule has 5 nitrogen and oxygen atoms in total. The van der Waals surface area contributed by atoms with E-state index in [1.807, 2.05) is 23.9 Å². The molecule has 1 heterocycles. The van der Waals surface area contributed by atoms with Crippen molar-refractivity contribution >= 4 is 23.4 Å². The molecule has 1 aromatic heterocycles. The lowest BCUT2D eigenvalue weighted by atomic mass is 10.2. The van der Waals surface area contributed by atoms with E-state index in [-0.39, 0.29) is 0 Å². The zero-order valence-electron chi connectivity index (χ0n) is 10.5. The average molecular weight is 296 g/mol. The van der Waals surface area contributed by atoms with Crippen LogP contribution in [0.1, 0.15) is 24.4 Å². The minimum absolute atomic E-state index is 0.472. The Hall–Kier alpha value is -1.11. The Bertz CT molecular complexity index is 581. The minimum Gasteiger partial charge on any atom is -0.316 e. The quantitative estimate of drug-likeness (QED) is 0.918. The Kier molecular flexibility index (Phi) is 3.72. The third kappa shape index (κ3) is 2.91. The fourth-order valence-electron chi connectivity index (χ4n) is 1.84. The maximum Gasteiger partial charge on any atom is 0.214 e. The maximum absolute atomic E-state index is 6.30. The van der Waals surface area contributed by atoms with E-state index in [1.54, 1.807) is 0 Å². The Morgan fingerprint density at radius 1 is 1.47 bits per heavy atom. The van der Waals surface area contributed by atoms with E-state index in [2.05, 4.69) is 26.9 Å². The summed E-state index contributed by atoms with van der Waals surface area (Å²) in [4.78, 5) is 0.984. The number of tetrazole rings is 1. The number of rotatable bonds is 5. The summed E-state index contributed by atoms with van der Waals surface area (Å²) in [6, 6.07) is 6.53. The highest BCUT2D eigenvalue weighted by atomic mass is 35.5. The zero-order valence-corrected chi connectivity index (χ0v) is 12.1. The van der Waals surface area contributed by atoms with E-state index < -0.39 is 0 Å². The highest BCUT2D eigenvalue weighted by Gasteiger charge is 2.28. The molecule has 1 N–H and O–H groups in total. The van der Waals surface area contributed by atoms with Crippen LogP contribution in [-0.2, 0) is 6.54 Å². The van der Waals surface area contributed by atoms with Gasteiger partial charge in [-0.2, -0.15) is 0 Å². The van der Waals surface area contributed by atoms with Gasteiger partial charge >= 0.3 is 0 Å². The first-order chi connectivity index (χ1) is 9.28. The molecule has 0 spiro atoms. The number of hydrogen-bond acceptors (Lipinski definition) is 5. The van der Waals surface area contributed by atoms with Gasteiger partial charge in [0, 0.05) is 11.4 Å². The number of hydrogen-bond donors (Lipinski definition) is 1. The third-order valence-electron chi connectivity index (χ3n) is 2.93. The van der Waals surface area contributed by atoms with Crippen LogP contribution in [0.2, 0.25) is 5.02 Å². The van der Waals surface area contributed by atoms with Gasteiger partial charge in [0.1, 0.15) is 0 Å². The van der Waals surface area contributed by atoms with E-state index in [1.165, 1.54) is 17.3 Å². The summed E-state index contributed by atoms with van der Waals surface area (Å²) in [5.74, 6) is 0. The maximum atomic E-state index is 6.30. The molecule has 7 heteroatoms. The minimum atomic E-state index is 0.472. The molecule has 3 rings (SSSR count). The molecular weight excluding hydrogens is 282 g/mol. The van der Waals surface area contributed by atoms with E-state index in [0.29, 0.717) is 6.04 Å². The Morgan fingerprint density at radius 2 is 2.32 bits per heavy atom. The second-order valence-electron chi connectivity index (χ2n) is 4.53. The summed E-state index contributed by atoms with van der Waals surface area (Å²) < 4.78 is 1.89. The molecule has 100 valence electrons.